The molecule has 3 rings (SSSR count). The van der Waals surface area contributed by atoms with E-state index in [1.54, 1.807) is 66.7 Å². The van der Waals surface area contributed by atoms with Gasteiger partial charge in [0, 0.05) is 18.1 Å². The first-order valence-corrected chi connectivity index (χ1v) is 14.2. The molecular formula is C33H37N3O6. The van der Waals surface area contributed by atoms with E-state index in [1.165, 1.54) is 44.0 Å². The number of rotatable bonds is 16. The lowest BCUT2D eigenvalue weighted by atomic mass is 10.1. The van der Waals surface area contributed by atoms with Crippen molar-refractivity contribution in [3.05, 3.63) is 95.6 Å². The number of hydrogen-bond acceptors (Lipinski definition) is 7. The molecule has 0 aliphatic heterocycles. The average Bonchev–Trinajstić information content (AvgIpc) is 3.01. The Hall–Kier alpha value is -4.79. The molecule has 0 aliphatic carbocycles. The molecule has 0 unspecified atom stereocenters. The van der Waals surface area contributed by atoms with Crippen LogP contribution in [0.3, 0.4) is 0 Å². The first-order chi connectivity index (χ1) is 20.5. The van der Waals surface area contributed by atoms with Gasteiger partial charge >= 0.3 is 11.9 Å². The molecule has 0 spiro atoms. The van der Waals surface area contributed by atoms with Gasteiger partial charge in [-0.15, -0.1) is 0 Å². The highest BCUT2D eigenvalue weighted by Gasteiger charge is 2.15. The summed E-state index contributed by atoms with van der Waals surface area (Å²) in [5.74, 6) is -1.65. The summed E-state index contributed by atoms with van der Waals surface area (Å²) in [6.07, 6.45) is 9.44. The Morgan fingerprint density at radius 1 is 0.714 bits per heavy atom. The molecule has 2 N–H and O–H groups in total. The summed E-state index contributed by atoms with van der Waals surface area (Å²) in [7, 11) is 0. The zero-order valence-corrected chi connectivity index (χ0v) is 23.8. The van der Waals surface area contributed by atoms with Crippen LogP contribution in [0.15, 0.2) is 84.0 Å². The average molecular weight is 572 g/mol. The number of nitrogens with one attached hydrogen (secondary N) is 2. The summed E-state index contributed by atoms with van der Waals surface area (Å²) in [5.41, 5.74) is 3.39. The van der Waals surface area contributed by atoms with Gasteiger partial charge in [-0.3, -0.25) is 9.59 Å². The van der Waals surface area contributed by atoms with Gasteiger partial charge in [-0.1, -0.05) is 81.8 Å². The highest BCUT2D eigenvalue weighted by Crippen LogP contribution is 2.26. The van der Waals surface area contributed by atoms with E-state index in [1.807, 2.05) is 0 Å². The van der Waals surface area contributed by atoms with Crippen molar-refractivity contribution in [2.45, 2.75) is 58.3 Å². The van der Waals surface area contributed by atoms with Crippen LogP contribution in [0.2, 0.25) is 0 Å². The van der Waals surface area contributed by atoms with Crippen LogP contribution < -0.4 is 20.2 Å². The number of hydrazone groups is 1. The molecule has 0 fully saturated rings. The summed E-state index contributed by atoms with van der Waals surface area (Å²) < 4.78 is 11.0. The van der Waals surface area contributed by atoms with Gasteiger partial charge in [-0.05, 0) is 42.8 Å². The number of unbranched alkanes of at least 4 members (excludes halogenated alkanes) is 6. The molecule has 0 aromatic heterocycles. The quantitative estimate of drug-likeness (QED) is 0.0733. The maximum Gasteiger partial charge on any atom is 0.343 e. The minimum Gasteiger partial charge on any atom is -0.423 e. The Morgan fingerprint density at radius 2 is 1.31 bits per heavy atom. The number of benzene rings is 3. The van der Waals surface area contributed by atoms with E-state index < -0.39 is 17.8 Å². The Balaban J connectivity index is 1.56. The molecule has 0 saturated carbocycles. The van der Waals surface area contributed by atoms with Gasteiger partial charge in [0.1, 0.15) is 11.5 Å². The van der Waals surface area contributed by atoms with Crippen LogP contribution in [0, 0.1) is 0 Å². The molecule has 0 radical (unpaired) electrons. The van der Waals surface area contributed by atoms with Crippen molar-refractivity contribution in [1.29, 1.82) is 0 Å². The zero-order valence-electron chi connectivity index (χ0n) is 23.8. The van der Waals surface area contributed by atoms with Crippen molar-refractivity contribution in [2.24, 2.45) is 5.10 Å². The van der Waals surface area contributed by atoms with Crippen LogP contribution in [-0.2, 0) is 9.59 Å². The molecule has 0 saturated heterocycles. The second kappa shape index (κ2) is 17.8. The summed E-state index contributed by atoms with van der Waals surface area (Å²) in [5, 5.41) is 6.53. The predicted octanol–water partition coefficient (Wildman–Crippen LogP) is 5.83. The van der Waals surface area contributed by atoms with Gasteiger partial charge < -0.3 is 14.8 Å². The fourth-order valence-corrected chi connectivity index (χ4v) is 3.97. The van der Waals surface area contributed by atoms with Gasteiger partial charge in [0.15, 0.2) is 0 Å². The number of carbonyl (C=O) groups excluding carboxylic acids is 4. The lowest BCUT2D eigenvalue weighted by Crippen LogP contribution is -2.34. The monoisotopic (exact) mass is 571 g/mol. The lowest BCUT2D eigenvalue weighted by Gasteiger charge is -2.10. The molecule has 0 atom stereocenters. The Morgan fingerprint density at radius 3 is 1.95 bits per heavy atom. The van der Waals surface area contributed by atoms with Gasteiger partial charge in [-0.2, -0.15) is 5.10 Å². The molecule has 3 aromatic rings. The van der Waals surface area contributed by atoms with Crippen LogP contribution >= 0.6 is 0 Å². The number of nitrogens with zero attached hydrogens (tertiary/aromatic N) is 1. The first-order valence-electron chi connectivity index (χ1n) is 14.2. The van der Waals surface area contributed by atoms with Crippen molar-refractivity contribution < 1.29 is 28.7 Å². The van der Waals surface area contributed by atoms with E-state index in [-0.39, 0.29) is 24.0 Å². The third-order valence-corrected chi connectivity index (χ3v) is 6.26. The van der Waals surface area contributed by atoms with Gasteiger partial charge in [0.2, 0.25) is 5.91 Å². The molecule has 3 aromatic carbocycles. The van der Waals surface area contributed by atoms with E-state index in [9.17, 15) is 19.2 Å². The molecule has 2 amide bonds. The van der Waals surface area contributed by atoms with Crippen molar-refractivity contribution in [1.82, 2.24) is 10.7 Å². The second-order valence-electron chi connectivity index (χ2n) is 9.65. The van der Waals surface area contributed by atoms with Crippen LogP contribution in [0.5, 0.6) is 11.5 Å². The van der Waals surface area contributed by atoms with Crippen molar-refractivity contribution >= 4 is 30.0 Å². The van der Waals surface area contributed by atoms with Crippen LogP contribution in [0.25, 0.3) is 0 Å². The fraction of sp³-hybridized carbons (Fsp3) is 0.303. The molecule has 0 bridgehead atoms. The second-order valence-corrected chi connectivity index (χ2v) is 9.65. The van der Waals surface area contributed by atoms with Crippen LogP contribution in [0.1, 0.15) is 84.6 Å². The van der Waals surface area contributed by atoms with Crippen molar-refractivity contribution in [3.8, 4) is 11.5 Å². The third-order valence-electron chi connectivity index (χ3n) is 6.26. The normalized spacial score (nSPS) is 10.7. The highest BCUT2D eigenvalue weighted by molar-refractivity contribution is 5.94. The van der Waals surface area contributed by atoms with E-state index in [0.29, 0.717) is 23.1 Å². The molecule has 0 heterocycles. The molecule has 42 heavy (non-hydrogen) atoms. The standard InChI is InChI=1S/C33H37N3O6/c1-2-3-4-5-6-7-14-19-30(37)34-24-31(38)36-35-23-27-20-21-28(41-32(39)25-15-10-8-11-16-25)22-29(27)42-33(40)26-17-12-9-13-18-26/h8-13,15-18,20-23H,2-7,14,19,24H2,1H3,(H,34,37)(H,36,38)/b35-23-. The number of carbonyl (C=O) groups is 4. The SMILES string of the molecule is CCCCCCCCCC(=O)NCC(=O)N/N=C\c1ccc(OC(=O)c2ccccc2)cc1OC(=O)c1ccccc1. The van der Waals surface area contributed by atoms with Gasteiger partial charge in [-0.25, -0.2) is 15.0 Å². The largest absolute Gasteiger partial charge is 0.423 e. The van der Waals surface area contributed by atoms with Gasteiger partial charge in [0.05, 0.1) is 23.9 Å². The van der Waals surface area contributed by atoms with Crippen molar-refractivity contribution in [2.75, 3.05) is 6.54 Å². The maximum absolute atomic E-state index is 12.7. The van der Waals surface area contributed by atoms with E-state index in [0.717, 1.165) is 19.3 Å². The smallest absolute Gasteiger partial charge is 0.343 e. The minimum atomic E-state index is -0.621. The summed E-state index contributed by atoms with van der Waals surface area (Å²) in [6.45, 7) is 1.97. The number of ether oxygens (including phenoxy) is 2. The molecule has 0 aliphatic rings. The number of hydrogen-bond donors (Lipinski definition) is 2. The molecule has 9 heteroatoms. The first kappa shape index (κ1) is 31.7. The number of esters is 2. The summed E-state index contributed by atoms with van der Waals surface area (Å²) >= 11 is 0. The summed E-state index contributed by atoms with van der Waals surface area (Å²) in [6, 6.07) is 21.4. The fourth-order valence-electron chi connectivity index (χ4n) is 3.97. The minimum absolute atomic E-state index is 0.0724. The van der Waals surface area contributed by atoms with Crippen molar-refractivity contribution in [3.63, 3.8) is 0 Å². The lowest BCUT2D eigenvalue weighted by molar-refractivity contribution is -0.126. The van der Waals surface area contributed by atoms with Crippen LogP contribution in [-0.4, -0.2) is 36.5 Å². The van der Waals surface area contributed by atoms with Gasteiger partial charge in [0.25, 0.3) is 5.91 Å². The van der Waals surface area contributed by atoms with Crippen LogP contribution in [0.4, 0.5) is 0 Å². The maximum atomic E-state index is 12.7. The summed E-state index contributed by atoms with van der Waals surface area (Å²) in [4.78, 5) is 49.4. The number of amides is 2. The topological polar surface area (TPSA) is 123 Å². The predicted molar refractivity (Wildman–Crippen MR) is 161 cm³/mol. The van der Waals surface area contributed by atoms with E-state index in [2.05, 4.69) is 22.8 Å². The van der Waals surface area contributed by atoms with E-state index in [4.69, 9.17) is 9.47 Å². The Bertz CT molecular complexity index is 1340. The molecule has 9 nitrogen and oxygen atoms in total. The molecule has 220 valence electrons. The van der Waals surface area contributed by atoms with E-state index >= 15 is 0 Å². The zero-order chi connectivity index (χ0) is 30.0. The highest BCUT2D eigenvalue weighted by atomic mass is 16.5. The third kappa shape index (κ3) is 11.4. The molecular weight excluding hydrogens is 534 g/mol. The Kier molecular flexibility index (Phi) is 13.5. The Labute approximate surface area is 246 Å².